The van der Waals surface area contributed by atoms with Gasteiger partial charge in [-0.05, 0) is 42.8 Å². The number of nitrogens with one attached hydrogen (secondary N) is 1. The van der Waals surface area contributed by atoms with Crippen LogP contribution in [0.2, 0.25) is 5.02 Å². The minimum Gasteiger partial charge on any atom is -0.490 e. The smallest absolute Gasteiger partial charge is 0.344 e. The number of rotatable bonds is 9. The van der Waals surface area contributed by atoms with Crippen LogP contribution in [-0.4, -0.2) is 31.7 Å². The fourth-order valence-electron chi connectivity index (χ4n) is 1.96. The summed E-state index contributed by atoms with van der Waals surface area (Å²) in [6.45, 7) is 1.82. The highest BCUT2D eigenvalue weighted by Gasteiger charge is 2.11. The maximum atomic E-state index is 11.8. The summed E-state index contributed by atoms with van der Waals surface area (Å²) >= 11 is 5.77. The predicted octanol–water partition coefficient (Wildman–Crippen LogP) is 3.69. The Morgan fingerprint density at radius 2 is 1.62 bits per heavy atom. The van der Waals surface area contributed by atoms with E-state index in [1.54, 1.807) is 42.5 Å². The van der Waals surface area contributed by atoms with Crippen LogP contribution in [0.1, 0.15) is 13.3 Å². The average Bonchev–Trinajstić information content (AvgIpc) is 2.65. The summed E-state index contributed by atoms with van der Waals surface area (Å²) in [5, 5.41) is 3.16. The van der Waals surface area contributed by atoms with Crippen molar-refractivity contribution < 1.29 is 23.8 Å². The molecule has 2 rings (SSSR count). The number of ether oxygens (including phenoxy) is 3. The molecule has 0 fully saturated rings. The number of halogens is 1. The number of para-hydroxylation sites is 2. The highest BCUT2D eigenvalue weighted by Crippen LogP contribution is 2.26. The van der Waals surface area contributed by atoms with Crippen LogP contribution in [-0.2, 0) is 14.3 Å². The summed E-state index contributed by atoms with van der Waals surface area (Å²) in [5.41, 5.74) is 0.564. The Morgan fingerprint density at radius 1 is 0.962 bits per heavy atom. The van der Waals surface area contributed by atoms with Crippen LogP contribution in [0.15, 0.2) is 48.5 Å². The molecule has 2 aromatic carbocycles. The van der Waals surface area contributed by atoms with Gasteiger partial charge in [-0.2, -0.15) is 0 Å². The summed E-state index contributed by atoms with van der Waals surface area (Å²) < 4.78 is 15.9. The van der Waals surface area contributed by atoms with E-state index in [1.165, 1.54) is 0 Å². The Bertz CT molecular complexity index is 733. The Hall–Kier alpha value is -2.73. The minimum atomic E-state index is -0.651. The van der Waals surface area contributed by atoms with Gasteiger partial charge in [-0.25, -0.2) is 4.79 Å². The molecule has 0 aliphatic carbocycles. The summed E-state index contributed by atoms with van der Waals surface area (Å²) in [7, 11) is 0. The lowest BCUT2D eigenvalue weighted by Gasteiger charge is -2.12. The predicted molar refractivity (Wildman–Crippen MR) is 98.8 cm³/mol. The zero-order chi connectivity index (χ0) is 18.8. The minimum absolute atomic E-state index is 0.319. The highest BCUT2D eigenvalue weighted by atomic mass is 35.5. The Morgan fingerprint density at radius 3 is 2.27 bits per heavy atom. The number of carbonyl (C=O) groups excluding carboxylic acids is 2. The monoisotopic (exact) mass is 377 g/mol. The van der Waals surface area contributed by atoms with Gasteiger partial charge < -0.3 is 19.5 Å². The zero-order valence-electron chi connectivity index (χ0n) is 14.4. The van der Waals surface area contributed by atoms with Gasteiger partial charge in [0.1, 0.15) is 0 Å². The second-order valence-corrected chi connectivity index (χ2v) is 5.74. The van der Waals surface area contributed by atoms with Crippen LogP contribution in [0.4, 0.5) is 5.69 Å². The number of benzene rings is 2. The Labute approximate surface area is 157 Å². The third kappa shape index (κ3) is 6.64. The molecular weight excluding hydrogens is 358 g/mol. The fourth-order valence-corrected chi connectivity index (χ4v) is 2.08. The SMILES string of the molecule is CCCOc1ccccc1OCC(=O)OCC(=O)Nc1ccc(Cl)cc1. The first-order chi connectivity index (χ1) is 12.6. The van der Waals surface area contributed by atoms with E-state index < -0.39 is 18.5 Å². The standard InChI is InChI=1S/C19H20ClNO5/c1-2-11-24-16-5-3-4-6-17(16)25-13-19(23)26-12-18(22)21-15-9-7-14(20)8-10-15/h3-10H,2,11-13H2,1H3,(H,21,22). The maximum absolute atomic E-state index is 11.8. The summed E-state index contributed by atoms with van der Waals surface area (Å²) in [4.78, 5) is 23.5. The third-order valence-corrected chi connectivity index (χ3v) is 3.40. The quantitative estimate of drug-likeness (QED) is 0.674. The molecule has 138 valence electrons. The molecule has 7 heteroatoms. The van der Waals surface area contributed by atoms with Crippen molar-refractivity contribution in [3.05, 3.63) is 53.6 Å². The fraction of sp³-hybridized carbons (Fsp3) is 0.263. The van der Waals surface area contributed by atoms with Crippen LogP contribution in [0.3, 0.4) is 0 Å². The van der Waals surface area contributed by atoms with Gasteiger partial charge in [0.15, 0.2) is 24.7 Å². The summed E-state index contributed by atoms with van der Waals surface area (Å²) in [5.74, 6) is -0.0972. The lowest BCUT2D eigenvalue weighted by molar-refractivity contribution is -0.149. The van der Waals surface area contributed by atoms with Crippen molar-refractivity contribution in [3.63, 3.8) is 0 Å². The Kier molecular flexibility index (Phi) is 7.76. The molecule has 0 unspecified atom stereocenters. The van der Waals surface area contributed by atoms with Gasteiger partial charge in [0.05, 0.1) is 6.61 Å². The number of hydrogen-bond donors (Lipinski definition) is 1. The number of esters is 1. The van der Waals surface area contributed by atoms with Crippen LogP contribution in [0, 0.1) is 0 Å². The first kappa shape index (κ1) is 19.6. The highest BCUT2D eigenvalue weighted by molar-refractivity contribution is 6.30. The molecule has 26 heavy (non-hydrogen) atoms. The van der Waals surface area contributed by atoms with E-state index in [0.717, 1.165) is 6.42 Å². The van der Waals surface area contributed by atoms with Gasteiger partial charge in [-0.3, -0.25) is 4.79 Å². The normalized spacial score (nSPS) is 10.1. The molecule has 2 aromatic rings. The van der Waals surface area contributed by atoms with Crippen LogP contribution in [0.25, 0.3) is 0 Å². The molecule has 0 heterocycles. The van der Waals surface area contributed by atoms with Crippen molar-refractivity contribution in [2.75, 3.05) is 25.1 Å². The first-order valence-electron chi connectivity index (χ1n) is 8.14. The largest absolute Gasteiger partial charge is 0.490 e. The molecule has 0 saturated carbocycles. The second kappa shape index (κ2) is 10.3. The molecule has 0 aromatic heterocycles. The van der Waals surface area contributed by atoms with Gasteiger partial charge in [0.2, 0.25) is 0 Å². The second-order valence-electron chi connectivity index (χ2n) is 5.30. The molecule has 0 aliphatic heterocycles. The number of anilines is 1. The molecule has 0 radical (unpaired) electrons. The molecule has 0 bridgehead atoms. The van der Waals surface area contributed by atoms with E-state index in [-0.39, 0.29) is 6.61 Å². The molecule has 6 nitrogen and oxygen atoms in total. The van der Waals surface area contributed by atoms with Gasteiger partial charge in [-0.15, -0.1) is 0 Å². The molecule has 1 N–H and O–H groups in total. The number of carbonyl (C=O) groups is 2. The van der Waals surface area contributed by atoms with Gasteiger partial charge in [0, 0.05) is 10.7 Å². The molecular formula is C19H20ClNO5. The van der Waals surface area contributed by atoms with Crippen molar-refractivity contribution in [1.29, 1.82) is 0 Å². The molecule has 0 saturated heterocycles. The van der Waals surface area contributed by atoms with E-state index in [2.05, 4.69) is 5.32 Å². The van der Waals surface area contributed by atoms with Crippen molar-refractivity contribution in [2.24, 2.45) is 0 Å². The van der Waals surface area contributed by atoms with E-state index in [9.17, 15) is 9.59 Å². The summed E-state index contributed by atoms with van der Waals surface area (Å²) in [6.07, 6.45) is 0.860. The third-order valence-electron chi connectivity index (χ3n) is 3.15. The van der Waals surface area contributed by atoms with E-state index >= 15 is 0 Å². The van der Waals surface area contributed by atoms with E-state index in [1.807, 2.05) is 13.0 Å². The van der Waals surface area contributed by atoms with E-state index in [4.69, 9.17) is 25.8 Å². The Balaban J connectivity index is 1.75. The lowest BCUT2D eigenvalue weighted by Crippen LogP contribution is -2.23. The average molecular weight is 378 g/mol. The molecule has 1 amide bonds. The summed E-state index contributed by atoms with van der Waals surface area (Å²) in [6, 6.07) is 13.7. The molecule has 0 aliphatic rings. The zero-order valence-corrected chi connectivity index (χ0v) is 15.1. The lowest BCUT2D eigenvalue weighted by atomic mass is 10.3. The van der Waals surface area contributed by atoms with Crippen molar-refractivity contribution >= 4 is 29.2 Å². The van der Waals surface area contributed by atoms with Crippen LogP contribution >= 0.6 is 11.6 Å². The van der Waals surface area contributed by atoms with Crippen LogP contribution < -0.4 is 14.8 Å². The molecule has 0 spiro atoms. The number of hydrogen-bond acceptors (Lipinski definition) is 5. The first-order valence-corrected chi connectivity index (χ1v) is 8.52. The van der Waals surface area contributed by atoms with Gasteiger partial charge in [0.25, 0.3) is 5.91 Å². The topological polar surface area (TPSA) is 73.9 Å². The maximum Gasteiger partial charge on any atom is 0.344 e. The van der Waals surface area contributed by atoms with E-state index in [0.29, 0.717) is 28.8 Å². The van der Waals surface area contributed by atoms with Crippen LogP contribution in [0.5, 0.6) is 11.5 Å². The van der Waals surface area contributed by atoms with Crippen molar-refractivity contribution in [2.45, 2.75) is 13.3 Å². The number of amides is 1. The molecule has 0 atom stereocenters. The van der Waals surface area contributed by atoms with Gasteiger partial charge >= 0.3 is 5.97 Å². The van der Waals surface area contributed by atoms with Crippen molar-refractivity contribution in [3.8, 4) is 11.5 Å². The van der Waals surface area contributed by atoms with Gasteiger partial charge in [-0.1, -0.05) is 30.7 Å². The van der Waals surface area contributed by atoms with Crippen molar-refractivity contribution in [1.82, 2.24) is 0 Å².